The predicted molar refractivity (Wildman–Crippen MR) is 82.0 cm³/mol. The van der Waals surface area contributed by atoms with Gasteiger partial charge < -0.3 is 4.90 Å². The van der Waals surface area contributed by atoms with E-state index >= 15 is 0 Å². The molecule has 7 heteroatoms. The quantitative estimate of drug-likeness (QED) is 0.870. The van der Waals surface area contributed by atoms with E-state index in [2.05, 4.69) is 39.4 Å². The zero-order chi connectivity index (χ0) is 14.0. The summed E-state index contributed by atoms with van der Waals surface area (Å²) in [6, 6.07) is 3.93. The fraction of sp³-hybridized carbons (Fsp3) is 0.667. The van der Waals surface area contributed by atoms with Crippen LogP contribution >= 0.6 is 27.3 Å². The number of nitrogens with zero attached hydrogens (tertiary/aromatic N) is 1. The monoisotopic (exact) mass is 366 g/mol. The molecule has 2 heterocycles. The van der Waals surface area contributed by atoms with E-state index in [4.69, 9.17) is 0 Å². The van der Waals surface area contributed by atoms with Crippen molar-refractivity contribution in [1.29, 1.82) is 0 Å². The van der Waals surface area contributed by atoms with E-state index in [-0.39, 0.29) is 0 Å². The molecule has 0 saturated carbocycles. The third-order valence-electron chi connectivity index (χ3n) is 3.42. The molecule has 1 aromatic heterocycles. The normalized spacial score (nSPS) is 21.4. The summed E-state index contributed by atoms with van der Waals surface area (Å²) >= 11 is 4.52. The molecule has 1 aliphatic heterocycles. The fourth-order valence-electron chi connectivity index (χ4n) is 2.24. The molecule has 4 nitrogen and oxygen atoms in total. The minimum atomic E-state index is -3.34. The van der Waals surface area contributed by atoms with Crippen molar-refractivity contribution in [3.05, 3.63) is 15.9 Å². The number of rotatable bonds is 5. The maximum atomic E-state index is 12.1. The summed E-state index contributed by atoms with van der Waals surface area (Å²) in [5.41, 5.74) is 0. The van der Waals surface area contributed by atoms with Crippen LogP contribution in [0.2, 0.25) is 0 Å². The number of halogens is 1. The van der Waals surface area contributed by atoms with Crippen molar-refractivity contribution in [3.63, 3.8) is 0 Å². The zero-order valence-corrected chi connectivity index (χ0v) is 14.3. The van der Waals surface area contributed by atoms with E-state index in [9.17, 15) is 8.42 Å². The van der Waals surface area contributed by atoms with Gasteiger partial charge in [0.25, 0.3) is 0 Å². The first kappa shape index (κ1) is 15.4. The van der Waals surface area contributed by atoms with Gasteiger partial charge in [0, 0.05) is 19.1 Å². The Morgan fingerprint density at radius 2 is 2.26 bits per heavy atom. The lowest BCUT2D eigenvalue weighted by Crippen LogP contribution is -2.32. The van der Waals surface area contributed by atoms with Gasteiger partial charge >= 0.3 is 0 Å². The number of thiophene rings is 1. The maximum absolute atomic E-state index is 12.1. The molecule has 1 saturated heterocycles. The third-order valence-corrected chi connectivity index (χ3v) is 6.96. The molecule has 108 valence electrons. The first-order valence-corrected chi connectivity index (χ1v) is 9.47. The Morgan fingerprint density at radius 1 is 1.53 bits per heavy atom. The largest absolute Gasteiger partial charge is 0.301 e. The molecule has 1 N–H and O–H groups in total. The highest BCUT2D eigenvalue weighted by Crippen LogP contribution is 2.26. The molecule has 2 rings (SSSR count). The molecule has 0 amide bonds. The van der Waals surface area contributed by atoms with Crippen LogP contribution in [0, 0.1) is 5.92 Å². The second-order valence-electron chi connectivity index (χ2n) is 5.15. The molecule has 1 aromatic rings. The topological polar surface area (TPSA) is 49.4 Å². The van der Waals surface area contributed by atoms with Crippen LogP contribution in [0.15, 0.2) is 20.1 Å². The summed E-state index contributed by atoms with van der Waals surface area (Å²) in [6.45, 7) is 6.93. The van der Waals surface area contributed by atoms with Crippen molar-refractivity contribution in [2.45, 2.75) is 30.5 Å². The van der Waals surface area contributed by atoms with Crippen molar-refractivity contribution < 1.29 is 8.42 Å². The summed E-state index contributed by atoms with van der Waals surface area (Å²) in [4.78, 5) is 2.39. The van der Waals surface area contributed by atoms with Gasteiger partial charge in [0.1, 0.15) is 4.21 Å². The fourth-order valence-corrected chi connectivity index (χ4v) is 5.41. The van der Waals surface area contributed by atoms with Gasteiger partial charge in [-0.3, -0.25) is 0 Å². The van der Waals surface area contributed by atoms with Gasteiger partial charge in [-0.2, -0.15) is 0 Å². The van der Waals surface area contributed by atoms with Crippen LogP contribution in [0.5, 0.6) is 0 Å². The molecule has 0 spiro atoms. The second kappa shape index (κ2) is 6.22. The lowest BCUT2D eigenvalue weighted by molar-refractivity contribution is 0.265. The Balaban J connectivity index is 1.89. The smallest absolute Gasteiger partial charge is 0.250 e. The van der Waals surface area contributed by atoms with Crippen molar-refractivity contribution in [3.8, 4) is 0 Å². The number of hydrogen-bond acceptors (Lipinski definition) is 4. The minimum absolute atomic E-state index is 0.373. The minimum Gasteiger partial charge on any atom is -0.301 e. The van der Waals surface area contributed by atoms with Crippen molar-refractivity contribution in [2.24, 2.45) is 5.92 Å². The molecule has 1 unspecified atom stereocenters. The summed E-state index contributed by atoms with van der Waals surface area (Å²) in [5.74, 6) is 0.417. The Bertz CT molecular complexity index is 528. The Hall–Kier alpha value is 0.0500. The maximum Gasteiger partial charge on any atom is 0.250 e. The molecule has 0 aliphatic carbocycles. The first-order valence-electron chi connectivity index (χ1n) is 6.37. The highest BCUT2D eigenvalue weighted by atomic mass is 79.9. The van der Waals surface area contributed by atoms with Crippen molar-refractivity contribution in [2.75, 3.05) is 19.6 Å². The lowest BCUT2D eigenvalue weighted by Gasteiger charge is -2.20. The second-order valence-corrected chi connectivity index (χ2v) is 9.61. The van der Waals surface area contributed by atoms with Crippen LogP contribution in [0.4, 0.5) is 0 Å². The van der Waals surface area contributed by atoms with Gasteiger partial charge in [0.15, 0.2) is 0 Å². The predicted octanol–water partition coefficient (Wildman–Crippen LogP) is 2.52. The van der Waals surface area contributed by atoms with E-state index < -0.39 is 10.0 Å². The Labute approximate surface area is 127 Å². The third kappa shape index (κ3) is 4.01. The highest BCUT2D eigenvalue weighted by Gasteiger charge is 2.26. The van der Waals surface area contributed by atoms with Crippen LogP contribution in [0.3, 0.4) is 0 Å². The van der Waals surface area contributed by atoms with E-state index in [1.165, 1.54) is 11.3 Å². The first-order chi connectivity index (χ1) is 8.88. The summed E-state index contributed by atoms with van der Waals surface area (Å²) in [5, 5.41) is 0. The molecule has 0 bridgehead atoms. The van der Waals surface area contributed by atoms with Crippen LogP contribution in [0.25, 0.3) is 0 Å². The number of likely N-dealkylation sites (tertiary alicyclic amines) is 1. The molecule has 1 fully saturated rings. The zero-order valence-electron chi connectivity index (χ0n) is 11.1. The molecule has 1 aliphatic rings. The van der Waals surface area contributed by atoms with E-state index in [0.29, 0.717) is 22.7 Å². The average Bonchev–Trinajstić information content (AvgIpc) is 2.95. The molecular formula is C12H19BrN2O2S2. The van der Waals surface area contributed by atoms with Crippen LogP contribution < -0.4 is 4.72 Å². The van der Waals surface area contributed by atoms with Crippen molar-refractivity contribution in [1.82, 2.24) is 9.62 Å². The van der Waals surface area contributed by atoms with E-state index in [1.807, 2.05) is 0 Å². The SMILES string of the molecule is CC(C)N1CCC(CNS(=O)(=O)c2ccc(Br)s2)C1. The summed E-state index contributed by atoms with van der Waals surface area (Å²) in [7, 11) is -3.34. The van der Waals surface area contributed by atoms with E-state index in [0.717, 1.165) is 23.3 Å². The number of sulfonamides is 1. The standard InChI is InChI=1S/C12H19BrN2O2S2/c1-9(2)15-6-5-10(8-15)7-14-19(16,17)12-4-3-11(13)18-12/h3-4,9-10,14H,5-8H2,1-2H3. The Morgan fingerprint density at radius 3 is 2.79 bits per heavy atom. The molecule has 0 aromatic carbocycles. The van der Waals surface area contributed by atoms with Gasteiger partial charge in [-0.1, -0.05) is 0 Å². The number of hydrogen-bond donors (Lipinski definition) is 1. The average molecular weight is 367 g/mol. The highest BCUT2D eigenvalue weighted by molar-refractivity contribution is 9.11. The molecular weight excluding hydrogens is 348 g/mol. The summed E-state index contributed by atoms with van der Waals surface area (Å²) < 4.78 is 28.1. The van der Waals surface area contributed by atoms with Crippen LogP contribution in [-0.2, 0) is 10.0 Å². The summed E-state index contributed by atoms with van der Waals surface area (Å²) in [6.07, 6.45) is 1.06. The van der Waals surface area contributed by atoms with Gasteiger partial charge in [-0.15, -0.1) is 11.3 Å². The van der Waals surface area contributed by atoms with Gasteiger partial charge in [-0.25, -0.2) is 13.1 Å². The number of nitrogens with one attached hydrogen (secondary N) is 1. The molecule has 19 heavy (non-hydrogen) atoms. The van der Waals surface area contributed by atoms with Crippen LogP contribution in [-0.4, -0.2) is 39.0 Å². The van der Waals surface area contributed by atoms with Gasteiger partial charge in [0.05, 0.1) is 3.79 Å². The van der Waals surface area contributed by atoms with Gasteiger partial charge in [0.2, 0.25) is 10.0 Å². The van der Waals surface area contributed by atoms with Crippen molar-refractivity contribution >= 4 is 37.3 Å². The van der Waals surface area contributed by atoms with E-state index in [1.54, 1.807) is 12.1 Å². The van der Waals surface area contributed by atoms with Crippen LogP contribution in [0.1, 0.15) is 20.3 Å². The molecule has 1 atom stereocenters. The Kier molecular flexibility index (Phi) is 5.05. The van der Waals surface area contributed by atoms with Gasteiger partial charge in [-0.05, 0) is 60.8 Å². The lowest BCUT2D eigenvalue weighted by atomic mass is 10.1. The molecule has 0 radical (unpaired) electrons.